The minimum absolute atomic E-state index is 0.534. The molecule has 96 valence electrons. The van der Waals surface area contributed by atoms with Crippen LogP contribution in [0.4, 0.5) is 0 Å². The standard InChI is InChI=1S/C15H21N3/c16-8-13-15(18-2-1-17-13)14-11-4-9-3-10(6-11)7-12(14)5-9/h1-2,9-12,14H,3-8,16H2. The fourth-order valence-electron chi connectivity index (χ4n) is 5.18. The van der Waals surface area contributed by atoms with Gasteiger partial charge in [-0.25, -0.2) is 0 Å². The summed E-state index contributed by atoms with van der Waals surface area (Å²) in [6, 6.07) is 0. The summed E-state index contributed by atoms with van der Waals surface area (Å²) >= 11 is 0. The fourth-order valence-corrected chi connectivity index (χ4v) is 5.18. The molecule has 0 amide bonds. The number of hydrogen-bond donors (Lipinski definition) is 1. The van der Waals surface area contributed by atoms with E-state index in [2.05, 4.69) is 9.97 Å². The Labute approximate surface area is 108 Å². The summed E-state index contributed by atoms with van der Waals surface area (Å²) in [5, 5.41) is 0. The molecule has 0 aromatic carbocycles. The van der Waals surface area contributed by atoms with Crippen molar-refractivity contribution in [1.29, 1.82) is 0 Å². The van der Waals surface area contributed by atoms with Crippen molar-refractivity contribution in [2.24, 2.45) is 29.4 Å². The predicted molar refractivity (Wildman–Crippen MR) is 69.7 cm³/mol. The Balaban J connectivity index is 1.72. The molecular formula is C15H21N3. The minimum Gasteiger partial charge on any atom is -0.325 e. The van der Waals surface area contributed by atoms with E-state index in [0.29, 0.717) is 12.5 Å². The Morgan fingerprint density at radius 3 is 2.17 bits per heavy atom. The predicted octanol–water partition coefficient (Wildman–Crippen LogP) is 2.48. The van der Waals surface area contributed by atoms with Gasteiger partial charge in [0.2, 0.25) is 0 Å². The molecule has 0 saturated heterocycles. The summed E-state index contributed by atoms with van der Waals surface area (Å²) in [5.74, 6) is 4.42. The van der Waals surface area contributed by atoms with Crippen LogP contribution in [-0.2, 0) is 6.54 Å². The summed E-state index contributed by atoms with van der Waals surface area (Å²) in [5.41, 5.74) is 8.11. The normalized spacial score (nSPS) is 41.3. The number of aromatic nitrogens is 2. The summed E-state index contributed by atoms with van der Waals surface area (Å²) in [6.07, 6.45) is 10.8. The van der Waals surface area contributed by atoms with Gasteiger partial charge < -0.3 is 5.73 Å². The molecule has 4 aliphatic rings. The summed E-state index contributed by atoms with van der Waals surface area (Å²) in [7, 11) is 0. The lowest BCUT2D eigenvalue weighted by Crippen LogP contribution is -2.44. The highest BCUT2D eigenvalue weighted by molar-refractivity contribution is 5.21. The lowest BCUT2D eigenvalue weighted by molar-refractivity contribution is -0.00460. The maximum Gasteiger partial charge on any atom is 0.0757 e. The fraction of sp³-hybridized carbons (Fsp3) is 0.733. The molecule has 0 radical (unpaired) electrons. The van der Waals surface area contributed by atoms with Gasteiger partial charge in [0.1, 0.15) is 0 Å². The highest BCUT2D eigenvalue weighted by atomic mass is 14.8. The second-order valence-corrected chi connectivity index (χ2v) is 6.55. The molecule has 4 saturated carbocycles. The molecule has 0 unspecified atom stereocenters. The van der Waals surface area contributed by atoms with Crippen molar-refractivity contribution in [3.8, 4) is 0 Å². The summed E-state index contributed by atoms with van der Waals surface area (Å²) < 4.78 is 0. The van der Waals surface area contributed by atoms with Gasteiger partial charge in [-0.3, -0.25) is 9.97 Å². The molecule has 0 spiro atoms. The second kappa shape index (κ2) is 4.02. The van der Waals surface area contributed by atoms with E-state index in [1.165, 1.54) is 37.8 Å². The first-order valence-corrected chi connectivity index (χ1v) is 7.35. The lowest BCUT2D eigenvalue weighted by atomic mass is 9.51. The van der Waals surface area contributed by atoms with Crippen molar-refractivity contribution in [1.82, 2.24) is 9.97 Å². The molecule has 0 atom stereocenters. The van der Waals surface area contributed by atoms with Gasteiger partial charge in [-0.2, -0.15) is 0 Å². The van der Waals surface area contributed by atoms with E-state index >= 15 is 0 Å². The van der Waals surface area contributed by atoms with Crippen LogP contribution in [0.1, 0.15) is 49.4 Å². The number of nitrogens with two attached hydrogens (primary N) is 1. The van der Waals surface area contributed by atoms with Gasteiger partial charge in [0.25, 0.3) is 0 Å². The molecule has 4 bridgehead atoms. The monoisotopic (exact) mass is 243 g/mol. The van der Waals surface area contributed by atoms with Gasteiger partial charge >= 0.3 is 0 Å². The molecule has 1 aromatic heterocycles. The smallest absolute Gasteiger partial charge is 0.0757 e. The Morgan fingerprint density at radius 2 is 1.56 bits per heavy atom. The van der Waals surface area contributed by atoms with Crippen LogP contribution >= 0.6 is 0 Å². The second-order valence-electron chi connectivity index (χ2n) is 6.55. The zero-order chi connectivity index (χ0) is 12.1. The van der Waals surface area contributed by atoms with Crippen LogP contribution in [-0.4, -0.2) is 9.97 Å². The highest BCUT2D eigenvalue weighted by Crippen LogP contribution is 2.59. The molecule has 4 fully saturated rings. The average molecular weight is 243 g/mol. The van der Waals surface area contributed by atoms with Crippen LogP contribution < -0.4 is 5.73 Å². The minimum atomic E-state index is 0.534. The van der Waals surface area contributed by atoms with Crippen molar-refractivity contribution in [3.05, 3.63) is 23.8 Å². The number of rotatable bonds is 2. The Morgan fingerprint density at radius 1 is 0.944 bits per heavy atom. The SMILES string of the molecule is NCc1nccnc1C1C2CC3CC(C2)CC1C3. The van der Waals surface area contributed by atoms with E-state index in [-0.39, 0.29) is 0 Å². The lowest BCUT2D eigenvalue weighted by Gasteiger charge is -2.54. The quantitative estimate of drug-likeness (QED) is 0.868. The number of nitrogens with zero attached hydrogens (tertiary/aromatic N) is 2. The third-order valence-electron chi connectivity index (χ3n) is 5.54. The zero-order valence-electron chi connectivity index (χ0n) is 10.8. The molecule has 18 heavy (non-hydrogen) atoms. The van der Waals surface area contributed by atoms with E-state index in [1.54, 1.807) is 6.20 Å². The molecule has 0 aliphatic heterocycles. The van der Waals surface area contributed by atoms with Gasteiger partial charge in [-0.05, 0) is 55.8 Å². The molecule has 3 nitrogen and oxygen atoms in total. The van der Waals surface area contributed by atoms with E-state index in [0.717, 1.165) is 29.4 Å². The van der Waals surface area contributed by atoms with Crippen LogP contribution in [0.15, 0.2) is 12.4 Å². The van der Waals surface area contributed by atoms with Crippen LogP contribution in [0.2, 0.25) is 0 Å². The first kappa shape index (κ1) is 10.9. The highest BCUT2D eigenvalue weighted by Gasteiger charge is 2.49. The maximum absolute atomic E-state index is 5.84. The van der Waals surface area contributed by atoms with Crippen LogP contribution in [0.25, 0.3) is 0 Å². The average Bonchev–Trinajstić information content (AvgIpc) is 2.38. The molecule has 1 heterocycles. The van der Waals surface area contributed by atoms with Gasteiger partial charge in [-0.1, -0.05) is 0 Å². The van der Waals surface area contributed by atoms with Gasteiger partial charge in [-0.15, -0.1) is 0 Å². The first-order chi connectivity index (χ1) is 8.85. The molecule has 1 aromatic rings. The van der Waals surface area contributed by atoms with Crippen molar-refractivity contribution in [2.45, 2.75) is 44.6 Å². The molecule has 5 rings (SSSR count). The molecule has 3 heteroatoms. The van der Waals surface area contributed by atoms with Crippen LogP contribution in [0.3, 0.4) is 0 Å². The van der Waals surface area contributed by atoms with Crippen LogP contribution in [0.5, 0.6) is 0 Å². The van der Waals surface area contributed by atoms with E-state index in [9.17, 15) is 0 Å². The Hall–Kier alpha value is -0.960. The first-order valence-electron chi connectivity index (χ1n) is 7.35. The van der Waals surface area contributed by atoms with E-state index in [1.807, 2.05) is 6.20 Å². The van der Waals surface area contributed by atoms with Crippen molar-refractivity contribution >= 4 is 0 Å². The van der Waals surface area contributed by atoms with Crippen molar-refractivity contribution in [2.75, 3.05) is 0 Å². The largest absolute Gasteiger partial charge is 0.325 e. The summed E-state index contributed by atoms with van der Waals surface area (Å²) in [6.45, 7) is 0.534. The molecule has 2 N–H and O–H groups in total. The van der Waals surface area contributed by atoms with Crippen molar-refractivity contribution in [3.63, 3.8) is 0 Å². The van der Waals surface area contributed by atoms with Gasteiger partial charge in [0, 0.05) is 24.9 Å². The maximum atomic E-state index is 5.84. The Kier molecular flexibility index (Phi) is 2.44. The van der Waals surface area contributed by atoms with Crippen molar-refractivity contribution < 1.29 is 0 Å². The molecular weight excluding hydrogens is 222 g/mol. The molecule has 4 aliphatic carbocycles. The van der Waals surface area contributed by atoms with Crippen LogP contribution in [0, 0.1) is 23.7 Å². The topological polar surface area (TPSA) is 51.8 Å². The van der Waals surface area contributed by atoms with E-state index in [4.69, 9.17) is 5.73 Å². The van der Waals surface area contributed by atoms with Gasteiger partial charge in [0.05, 0.1) is 11.4 Å². The summed E-state index contributed by atoms with van der Waals surface area (Å²) in [4.78, 5) is 9.10. The number of hydrogen-bond acceptors (Lipinski definition) is 3. The Bertz CT molecular complexity index is 429. The third kappa shape index (κ3) is 1.53. The zero-order valence-corrected chi connectivity index (χ0v) is 10.8. The third-order valence-corrected chi connectivity index (χ3v) is 5.54. The van der Waals surface area contributed by atoms with E-state index < -0.39 is 0 Å². The van der Waals surface area contributed by atoms with Gasteiger partial charge in [0.15, 0.2) is 0 Å².